The van der Waals surface area contributed by atoms with E-state index in [9.17, 15) is 19.6 Å². The van der Waals surface area contributed by atoms with Crippen LogP contribution in [0.3, 0.4) is 0 Å². The molecule has 0 amide bonds. The molecule has 8 nitrogen and oxygen atoms in total. The average molecular weight is 305 g/mol. The highest BCUT2D eigenvalue weighted by molar-refractivity contribution is 5.49. The molecule has 0 aliphatic carbocycles. The summed E-state index contributed by atoms with van der Waals surface area (Å²) in [7, 11) is 0. The number of ether oxygens (including phenoxy) is 3. The summed E-state index contributed by atoms with van der Waals surface area (Å²) in [5.74, 6) is 0. The van der Waals surface area contributed by atoms with E-state index < -0.39 is 5.54 Å². The van der Waals surface area contributed by atoms with Crippen LogP contribution in [0.2, 0.25) is 0 Å². The van der Waals surface area contributed by atoms with Gasteiger partial charge in [-0.05, 0) is 0 Å². The fraction of sp³-hybridized carbons (Fsp3) is 0.769. The lowest BCUT2D eigenvalue weighted by Crippen LogP contribution is -2.55. The largest absolute Gasteiger partial charge is 0.379 e. The van der Waals surface area contributed by atoms with Gasteiger partial charge in [-0.1, -0.05) is 0 Å². The van der Waals surface area contributed by atoms with Crippen LogP contribution in [0.5, 0.6) is 0 Å². The zero-order valence-corrected chi connectivity index (χ0v) is 12.0. The second-order valence-electron chi connectivity index (χ2n) is 4.42. The first kappa shape index (κ1) is 19.8. The van der Waals surface area contributed by atoms with E-state index in [4.69, 9.17) is 14.2 Å². The first-order valence-corrected chi connectivity index (χ1v) is 6.70. The lowest BCUT2D eigenvalue weighted by atomic mass is 10.1. The smallest absolute Gasteiger partial charge is 0.122 e. The number of nitrogens with one attached hydrogen (secondary N) is 1. The third kappa shape index (κ3) is 10.2. The molecule has 0 saturated heterocycles. The van der Waals surface area contributed by atoms with Crippen molar-refractivity contribution in [1.82, 2.24) is 5.48 Å². The number of hydroxylamine groups is 1. The molecule has 2 N–H and O–H groups in total. The van der Waals surface area contributed by atoms with E-state index in [1.54, 1.807) is 0 Å². The number of carbonyl (C=O) groups is 3. The topological polar surface area (TPSA) is 111 Å². The van der Waals surface area contributed by atoms with Gasteiger partial charge in [-0.2, -0.15) is 5.48 Å². The summed E-state index contributed by atoms with van der Waals surface area (Å²) in [6.45, 7) is 0.819. The third-order valence-corrected chi connectivity index (χ3v) is 2.51. The number of carbonyl (C=O) groups excluding carboxylic acids is 3. The van der Waals surface area contributed by atoms with Crippen molar-refractivity contribution in [2.24, 2.45) is 0 Å². The molecule has 21 heavy (non-hydrogen) atoms. The van der Waals surface area contributed by atoms with Crippen LogP contribution in [0.15, 0.2) is 0 Å². The molecule has 0 bridgehead atoms. The molecule has 0 aliphatic heterocycles. The summed E-state index contributed by atoms with van der Waals surface area (Å²) in [5.41, 5.74) is 1.09. The van der Waals surface area contributed by atoms with Crippen LogP contribution < -0.4 is 5.48 Å². The van der Waals surface area contributed by atoms with E-state index in [0.29, 0.717) is 0 Å². The van der Waals surface area contributed by atoms with Crippen LogP contribution in [0.4, 0.5) is 0 Å². The standard InChI is InChI=1S/C13H23NO7/c15-4-1-7-19-10-13(14-18,11-20-8-2-5-16)12-21-9-3-6-17/h4-6,14,18H,1-3,7-12H2. The zero-order chi connectivity index (χ0) is 15.8. The second kappa shape index (κ2) is 13.8. The van der Waals surface area contributed by atoms with Crippen molar-refractivity contribution < 1.29 is 33.8 Å². The Morgan fingerprint density at radius 3 is 1.33 bits per heavy atom. The summed E-state index contributed by atoms with van der Waals surface area (Å²) >= 11 is 0. The van der Waals surface area contributed by atoms with Crippen LogP contribution in [-0.2, 0) is 28.6 Å². The lowest BCUT2D eigenvalue weighted by Gasteiger charge is -2.31. The van der Waals surface area contributed by atoms with E-state index >= 15 is 0 Å². The first-order chi connectivity index (χ1) is 10.2. The van der Waals surface area contributed by atoms with E-state index in [1.165, 1.54) is 0 Å². The minimum atomic E-state index is -1.02. The van der Waals surface area contributed by atoms with Gasteiger partial charge in [0.2, 0.25) is 0 Å². The van der Waals surface area contributed by atoms with Gasteiger partial charge in [0.05, 0.1) is 39.6 Å². The van der Waals surface area contributed by atoms with Crippen LogP contribution in [0.1, 0.15) is 19.3 Å². The fourth-order valence-electron chi connectivity index (χ4n) is 1.42. The van der Waals surface area contributed by atoms with Crippen LogP contribution in [-0.4, -0.2) is 69.2 Å². The molecule has 0 heterocycles. The van der Waals surface area contributed by atoms with Crippen molar-refractivity contribution in [3.63, 3.8) is 0 Å². The van der Waals surface area contributed by atoms with Gasteiger partial charge < -0.3 is 33.8 Å². The molecule has 0 saturated carbocycles. The van der Waals surface area contributed by atoms with Crippen molar-refractivity contribution in [2.45, 2.75) is 24.8 Å². The summed E-state index contributed by atoms with van der Waals surface area (Å²) in [6, 6.07) is 0. The molecule has 122 valence electrons. The van der Waals surface area contributed by atoms with Crippen LogP contribution in [0.25, 0.3) is 0 Å². The maximum atomic E-state index is 10.2. The van der Waals surface area contributed by atoms with E-state index in [-0.39, 0.29) is 58.9 Å². The Bertz CT molecular complexity index is 245. The Kier molecular flexibility index (Phi) is 13.0. The molecule has 0 fully saturated rings. The molecule has 0 aromatic rings. The van der Waals surface area contributed by atoms with Crippen LogP contribution in [0, 0.1) is 0 Å². The SMILES string of the molecule is O=CCCOCC(COCCC=O)(COCCC=O)NO. The molecular weight excluding hydrogens is 282 g/mol. The van der Waals surface area contributed by atoms with Crippen molar-refractivity contribution in [3.05, 3.63) is 0 Å². The maximum Gasteiger partial charge on any atom is 0.122 e. The quantitative estimate of drug-likeness (QED) is 0.223. The van der Waals surface area contributed by atoms with E-state index in [0.717, 1.165) is 18.9 Å². The summed E-state index contributed by atoms with van der Waals surface area (Å²) in [6.07, 6.45) is 2.94. The van der Waals surface area contributed by atoms with E-state index in [2.05, 4.69) is 5.48 Å². The van der Waals surface area contributed by atoms with Gasteiger partial charge in [0.1, 0.15) is 24.4 Å². The third-order valence-electron chi connectivity index (χ3n) is 2.51. The highest BCUT2D eigenvalue weighted by Gasteiger charge is 2.31. The molecule has 0 aromatic carbocycles. The Morgan fingerprint density at radius 1 is 0.762 bits per heavy atom. The Balaban J connectivity index is 4.31. The number of hydrogen-bond donors (Lipinski definition) is 2. The molecule has 0 unspecified atom stereocenters. The van der Waals surface area contributed by atoms with Crippen molar-refractivity contribution >= 4 is 18.9 Å². The van der Waals surface area contributed by atoms with Crippen LogP contribution >= 0.6 is 0 Å². The highest BCUT2D eigenvalue weighted by Crippen LogP contribution is 2.08. The summed E-state index contributed by atoms with van der Waals surface area (Å²) in [5, 5.41) is 9.35. The molecule has 0 aliphatic rings. The molecule has 0 radical (unpaired) electrons. The second-order valence-corrected chi connectivity index (χ2v) is 4.42. The van der Waals surface area contributed by atoms with Crippen molar-refractivity contribution in [1.29, 1.82) is 0 Å². The highest BCUT2D eigenvalue weighted by atomic mass is 16.5. The monoisotopic (exact) mass is 305 g/mol. The predicted molar refractivity (Wildman–Crippen MR) is 72.2 cm³/mol. The van der Waals surface area contributed by atoms with Gasteiger partial charge >= 0.3 is 0 Å². The van der Waals surface area contributed by atoms with Gasteiger partial charge in [-0.25, -0.2) is 0 Å². The van der Waals surface area contributed by atoms with E-state index in [1.807, 2.05) is 0 Å². The minimum Gasteiger partial charge on any atom is -0.379 e. The first-order valence-electron chi connectivity index (χ1n) is 6.70. The normalized spacial score (nSPS) is 11.3. The summed E-state index contributed by atoms with van der Waals surface area (Å²) in [4.78, 5) is 30.7. The van der Waals surface area contributed by atoms with Gasteiger partial charge in [-0.15, -0.1) is 0 Å². The molecule has 8 heteroatoms. The number of hydrogen-bond acceptors (Lipinski definition) is 8. The molecule has 0 aromatic heterocycles. The predicted octanol–water partition coefficient (Wildman–Crippen LogP) is -0.479. The zero-order valence-electron chi connectivity index (χ0n) is 12.0. The van der Waals surface area contributed by atoms with Crippen molar-refractivity contribution in [2.75, 3.05) is 39.6 Å². The fourth-order valence-corrected chi connectivity index (χ4v) is 1.42. The Labute approximate surface area is 123 Å². The van der Waals surface area contributed by atoms with Crippen molar-refractivity contribution in [3.8, 4) is 0 Å². The molecule has 0 atom stereocenters. The minimum absolute atomic E-state index is 0.0551. The Hall–Kier alpha value is -1.19. The molecule has 0 rings (SSSR count). The van der Waals surface area contributed by atoms with Gasteiger partial charge in [0, 0.05) is 19.3 Å². The average Bonchev–Trinajstić information content (AvgIpc) is 2.51. The van der Waals surface area contributed by atoms with Gasteiger partial charge in [0.15, 0.2) is 0 Å². The number of rotatable bonds is 16. The molecular formula is C13H23NO7. The van der Waals surface area contributed by atoms with Gasteiger partial charge in [-0.3, -0.25) is 0 Å². The molecule has 0 spiro atoms. The maximum absolute atomic E-state index is 10.2. The van der Waals surface area contributed by atoms with Gasteiger partial charge in [0.25, 0.3) is 0 Å². The lowest BCUT2D eigenvalue weighted by molar-refractivity contribution is -0.112. The summed E-state index contributed by atoms with van der Waals surface area (Å²) < 4.78 is 15.9. The number of aldehydes is 3. The Morgan fingerprint density at radius 2 is 1.10 bits per heavy atom.